The van der Waals surface area contributed by atoms with Crippen LogP contribution >= 0.6 is 22.0 Å². The van der Waals surface area contributed by atoms with Crippen molar-refractivity contribution in [3.63, 3.8) is 0 Å². The Morgan fingerprint density at radius 1 is 0.253 bits per heavy atom. The van der Waals surface area contributed by atoms with Crippen LogP contribution in [0.2, 0.25) is 0 Å². The molecule has 0 aromatic heterocycles. The maximum absolute atomic E-state index is 7.16. The molecule has 0 bridgehead atoms. The van der Waals surface area contributed by atoms with E-state index in [1.807, 2.05) is 133 Å². The largest absolute Gasteiger partial charge is 0.455 e. The van der Waals surface area contributed by atoms with Gasteiger partial charge in [0.1, 0.15) is 39.0 Å². The van der Waals surface area contributed by atoms with Gasteiger partial charge in [-0.15, -0.1) is 0 Å². The molecule has 0 aliphatic carbocycles. The first kappa shape index (κ1) is 56.9. The van der Waals surface area contributed by atoms with Gasteiger partial charge in [-0.05, 0) is 96.8 Å². The molecular formula is C84H56BrO4PS. The molecule has 0 saturated heterocycles. The van der Waals surface area contributed by atoms with E-state index >= 15 is 0 Å². The molecule has 0 unspecified atom stereocenters. The number of para-hydroxylation sites is 4. The third-order valence-electron chi connectivity index (χ3n) is 16.7. The van der Waals surface area contributed by atoms with Crippen LogP contribution in [-0.2, 0) is 11.8 Å². The predicted octanol–water partition coefficient (Wildman–Crippen LogP) is 23.0. The number of ether oxygens (including phenoxy) is 4. The van der Waals surface area contributed by atoms with Crippen LogP contribution < -0.4 is 34.9 Å². The molecule has 7 heteroatoms. The summed E-state index contributed by atoms with van der Waals surface area (Å²) in [6.45, 7) is 0. The van der Waals surface area contributed by atoms with E-state index in [-0.39, 0.29) is 0 Å². The second kappa shape index (κ2) is 25.1. The maximum atomic E-state index is 7.16. The minimum atomic E-state index is -2.72. The monoisotopic (exact) mass is 1270 g/mol. The molecule has 91 heavy (non-hydrogen) atoms. The molecule has 2 aliphatic rings. The highest BCUT2D eigenvalue weighted by molar-refractivity contribution is 9.10. The highest BCUT2D eigenvalue weighted by atomic mass is 79.9. The van der Waals surface area contributed by atoms with Gasteiger partial charge < -0.3 is 18.9 Å². The molecule has 0 saturated carbocycles. The lowest BCUT2D eigenvalue weighted by molar-refractivity contribution is 0.459. The number of fused-ring (bicyclic) bond motifs is 4. The lowest BCUT2D eigenvalue weighted by Crippen LogP contribution is -2.36. The zero-order chi connectivity index (χ0) is 61.1. The average molecular weight is 1270 g/mol. The molecule has 16 rings (SSSR count). The third kappa shape index (κ3) is 10.9. The highest BCUT2D eigenvalue weighted by Gasteiger charge is 2.46. The van der Waals surface area contributed by atoms with Gasteiger partial charge in [0.15, 0.2) is 11.5 Å². The van der Waals surface area contributed by atoms with Crippen molar-refractivity contribution in [3.8, 4) is 135 Å². The summed E-state index contributed by atoms with van der Waals surface area (Å²) in [5.74, 6) is 6.10. The van der Waals surface area contributed by atoms with E-state index in [1.54, 1.807) is 0 Å². The van der Waals surface area contributed by atoms with Gasteiger partial charge in [-0.25, -0.2) is 0 Å². The van der Waals surface area contributed by atoms with Crippen molar-refractivity contribution in [2.75, 3.05) is 0 Å². The van der Waals surface area contributed by atoms with Gasteiger partial charge in [0.05, 0.1) is 11.3 Å². The Morgan fingerprint density at radius 3 is 0.835 bits per heavy atom. The van der Waals surface area contributed by atoms with E-state index in [9.17, 15) is 0 Å². The van der Waals surface area contributed by atoms with Gasteiger partial charge >= 0.3 is 0 Å². The molecule has 0 amide bonds. The van der Waals surface area contributed by atoms with Gasteiger partial charge in [-0.2, -0.15) is 0 Å². The Morgan fingerprint density at radius 2 is 0.505 bits per heavy atom. The number of halogens is 1. The molecule has 0 N–H and O–H groups in total. The highest BCUT2D eigenvalue weighted by Crippen LogP contribution is 2.64. The molecule has 2 heterocycles. The molecule has 434 valence electrons. The first-order valence-corrected chi connectivity index (χ1v) is 33.9. The van der Waals surface area contributed by atoms with Crippen LogP contribution in [0.25, 0.3) is 89.0 Å². The van der Waals surface area contributed by atoms with Crippen molar-refractivity contribution in [1.29, 1.82) is 0 Å². The van der Waals surface area contributed by atoms with Crippen LogP contribution in [0.5, 0.6) is 46.0 Å². The second-order valence-electron chi connectivity index (χ2n) is 22.2. The molecule has 2 aliphatic heterocycles. The van der Waals surface area contributed by atoms with E-state index < -0.39 is 6.04 Å². The van der Waals surface area contributed by atoms with Crippen LogP contribution in [0.3, 0.4) is 0 Å². The molecule has 4 nitrogen and oxygen atoms in total. The summed E-state index contributed by atoms with van der Waals surface area (Å²) in [7, 11) is 0. The lowest BCUT2D eigenvalue weighted by atomic mass is 9.96. The molecule has 0 atom stereocenters. The summed E-state index contributed by atoms with van der Waals surface area (Å²) < 4.78 is 28.9. The SMILES string of the molecule is Brc1c(Oc2ccccc2-c2ccccc2)c(-c2ccccc2)cc(-c2ccccc2)c1Oc1ccccc1-c1ccccc1.S=P12c3cccc(-c4ccccc4)c3Oc3c(-c4ccccc4)cc(-c4ccccc4)c(c31)Oc1c(-c3ccccc3)cccc12. The van der Waals surface area contributed by atoms with Crippen molar-refractivity contribution >= 4 is 49.7 Å². The van der Waals surface area contributed by atoms with Crippen molar-refractivity contribution in [3.05, 3.63) is 344 Å². The normalized spacial score (nSPS) is 12.1. The van der Waals surface area contributed by atoms with Crippen molar-refractivity contribution in [1.82, 2.24) is 0 Å². The zero-order valence-electron chi connectivity index (χ0n) is 49.2. The van der Waals surface area contributed by atoms with E-state index in [1.165, 1.54) is 0 Å². The summed E-state index contributed by atoms with van der Waals surface area (Å²) in [6, 6.07) is 114. The van der Waals surface area contributed by atoms with E-state index in [4.69, 9.17) is 30.8 Å². The minimum absolute atomic E-state index is 0.677. The minimum Gasteiger partial charge on any atom is -0.455 e. The quantitative estimate of drug-likeness (QED) is 0.114. The van der Waals surface area contributed by atoms with E-state index in [2.05, 4.69) is 222 Å². The number of benzene rings is 14. The summed E-state index contributed by atoms with van der Waals surface area (Å²) in [5, 5.41) is 3.09. The van der Waals surface area contributed by atoms with Crippen molar-refractivity contribution in [2.45, 2.75) is 0 Å². The van der Waals surface area contributed by atoms with Crippen molar-refractivity contribution in [2.24, 2.45) is 0 Å². The van der Waals surface area contributed by atoms with Crippen LogP contribution in [0.4, 0.5) is 0 Å². The van der Waals surface area contributed by atoms with Gasteiger partial charge in [-0.1, -0.05) is 315 Å². The molecule has 14 aromatic rings. The van der Waals surface area contributed by atoms with Gasteiger partial charge in [0.25, 0.3) is 0 Å². The average Bonchev–Trinajstić information content (AvgIpc) is 0.688. The summed E-state index contributed by atoms with van der Waals surface area (Å²) in [6.07, 6.45) is 0. The maximum Gasteiger partial charge on any atom is 0.153 e. The Labute approximate surface area is 544 Å². The first-order chi connectivity index (χ1) is 45.0. The van der Waals surface area contributed by atoms with E-state index in [0.717, 1.165) is 144 Å². The lowest BCUT2D eigenvalue weighted by Gasteiger charge is -2.40. The molecule has 0 radical (unpaired) electrons. The third-order valence-corrected chi connectivity index (χ3v) is 22.2. The standard InChI is InChI=1S/C42H29BrO2.C42H27O2PS/c43-40-41(44-38-27-15-13-25-34(38)30-17-5-1-6-18-30)36(32-21-9-3-10-22-32)29-37(33-23-11-4-12-24-33)42(40)45-39-28-16-14-26-35(39)31-19-7-2-8-20-31;46-45-36-25-13-23-32(28-15-5-1-6-16-28)38(36)43-40-34(30-19-9-3-10-20-30)27-35(31-21-11-4-12-22-31)41(42(40)45)44-39-33(24-14-26-37(39)45)29-17-7-2-8-18-29/h1-29H;1-27H. The summed E-state index contributed by atoms with van der Waals surface area (Å²) in [5.41, 5.74) is 16.6. The molecule has 0 fully saturated rings. The van der Waals surface area contributed by atoms with Gasteiger partial charge in [-0.3, -0.25) is 0 Å². The number of hydrogen-bond acceptors (Lipinski definition) is 5. The smallest absolute Gasteiger partial charge is 0.153 e. The summed E-state index contributed by atoms with van der Waals surface area (Å²) >= 11 is 11.2. The Kier molecular flexibility index (Phi) is 15.7. The first-order valence-electron chi connectivity index (χ1n) is 30.3. The number of rotatable bonds is 12. The van der Waals surface area contributed by atoms with Crippen LogP contribution in [0, 0.1) is 0 Å². The van der Waals surface area contributed by atoms with Crippen molar-refractivity contribution < 1.29 is 18.9 Å². The van der Waals surface area contributed by atoms with Crippen LogP contribution in [0.15, 0.2) is 344 Å². The van der Waals surface area contributed by atoms with Gasteiger partial charge in [0, 0.05) is 55.1 Å². The fourth-order valence-electron chi connectivity index (χ4n) is 12.3. The van der Waals surface area contributed by atoms with Crippen LogP contribution in [-0.4, -0.2) is 0 Å². The van der Waals surface area contributed by atoms with E-state index in [0.29, 0.717) is 11.5 Å². The Bertz CT molecular complexity index is 4690. The van der Waals surface area contributed by atoms with Gasteiger partial charge in [0.2, 0.25) is 0 Å². The van der Waals surface area contributed by atoms with Crippen LogP contribution in [0.1, 0.15) is 0 Å². The Hall–Kier alpha value is -10.6. The topological polar surface area (TPSA) is 36.9 Å². The molecular weight excluding hydrogens is 1220 g/mol. The molecule has 14 aromatic carbocycles. The fraction of sp³-hybridized carbons (Fsp3) is 0. The number of hydrogen-bond donors (Lipinski definition) is 0. The second-order valence-corrected chi connectivity index (χ2v) is 27.2. The summed E-state index contributed by atoms with van der Waals surface area (Å²) in [4.78, 5) is 0. The fourth-order valence-corrected chi connectivity index (χ4v) is 17.4. The predicted molar refractivity (Wildman–Crippen MR) is 383 cm³/mol. The Balaban J connectivity index is 0.000000152. The zero-order valence-corrected chi connectivity index (χ0v) is 52.5. The molecule has 0 spiro atoms.